The van der Waals surface area contributed by atoms with E-state index >= 15 is 0 Å². The minimum Gasteiger partial charge on any atom is -0.333 e. The summed E-state index contributed by atoms with van der Waals surface area (Å²) in [4.78, 5) is 24.1. The van der Waals surface area contributed by atoms with Gasteiger partial charge in [0.05, 0.1) is 17.7 Å². The molecule has 0 spiro atoms. The molecule has 1 N–H and O–H groups in total. The molecule has 3 rings (SSSR count). The molecule has 22 heavy (non-hydrogen) atoms. The molecular formula is C15H20N4OS2. The van der Waals surface area contributed by atoms with Gasteiger partial charge in [0, 0.05) is 17.9 Å². The van der Waals surface area contributed by atoms with Gasteiger partial charge in [0.15, 0.2) is 5.16 Å². The summed E-state index contributed by atoms with van der Waals surface area (Å²) < 4.78 is 2.16. The second-order valence-corrected chi connectivity index (χ2v) is 7.37. The molecule has 0 atom stereocenters. The van der Waals surface area contributed by atoms with Crippen molar-refractivity contribution in [1.82, 2.24) is 19.5 Å². The van der Waals surface area contributed by atoms with Crippen LogP contribution >= 0.6 is 23.5 Å². The van der Waals surface area contributed by atoms with Crippen LogP contribution in [0.3, 0.4) is 0 Å². The van der Waals surface area contributed by atoms with Crippen LogP contribution in [0.25, 0.3) is 0 Å². The molecule has 0 saturated carbocycles. The van der Waals surface area contributed by atoms with E-state index in [1.54, 1.807) is 23.5 Å². The Morgan fingerprint density at radius 2 is 2.18 bits per heavy atom. The van der Waals surface area contributed by atoms with Crippen molar-refractivity contribution in [2.24, 2.45) is 0 Å². The SMILES string of the molecule is CCSc1ncn(CC)c1CSc1nc2c(c(=O)[nH]1)CCC2. The van der Waals surface area contributed by atoms with E-state index in [1.807, 2.05) is 6.33 Å². The van der Waals surface area contributed by atoms with Crippen molar-refractivity contribution in [1.29, 1.82) is 0 Å². The molecule has 7 heteroatoms. The minimum absolute atomic E-state index is 0.0390. The van der Waals surface area contributed by atoms with Gasteiger partial charge in [0.2, 0.25) is 0 Å². The lowest BCUT2D eigenvalue weighted by Crippen LogP contribution is -2.15. The number of imidazole rings is 1. The highest BCUT2D eigenvalue weighted by molar-refractivity contribution is 7.99. The van der Waals surface area contributed by atoms with E-state index in [0.29, 0.717) is 0 Å². The van der Waals surface area contributed by atoms with E-state index in [1.165, 1.54) is 5.69 Å². The molecule has 2 aromatic rings. The summed E-state index contributed by atoms with van der Waals surface area (Å²) in [5.74, 6) is 1.78. The first kappa shape index (κ1) is 15.7. The molecule has 0 amide bonds. The van der Waals surface area contributed by atoms with Crippen LogP contribution in [-0.4, -0.2) is 25.3 Å². The summed E-state index contributed by atoms with van der Waals surface area (Å²) in [6.45, 7) is 5.15. The second-order valence-electron chi connectivity index (χ2n) is 5.15. The van der Waals surface area contributed by atoms with Crippen molar-refractivity contribution >= 4 is 23.5 Å². The number of aromatic amines is 1. The normalized spacial score (nSPS) is 13.5. The molecule has 5 nitrogen and oxygen atoms in total. The molecule has 0 bridgehead atoms. The maximum absolute atomic E-state index is 12.1. The number of hydrogen-bond acceptors (Lipinski definition) is 5. The summed E-state index contributed by atoms with van der Waals surface area (Å²) in [5, 5.41) is 1.81. The number of thioether (sulfide) groups is 2. The van der Waals surface area contributed by atoms with E-state index < -0.39 is 0 Å². The van der Waals surface area contributed by atoms with Crippen LogP contribution in [0.2, 0.25) is 0 Å². The van der Waals surface area contributed by atoms with Crippen LogP contribution in [0.15, 0.2) is 21.3 Å². The van der Waals surface area contributed by atoms with Gasteiger partial charge in [-0.25, -0.2) is 9.97 Å². The number of aromatic nitrogens is 4. The Labute approximate surface area is 138 Å². The molecule has 1 aliphatic carbocycles. The van der Waals surface area contributed by atoms with Crippen LogP contribution in [0.5, 0.6) is 0 Å². The van der Waals surface area contributed by atoms with Gasteiger partial charge >= 0.3 is 0 Å². The lowest BCUT2D eigenvalue weighted by molar-refractivity contribution is 0.729. The number of H-pyrrole nitrogens is 1. The van der Waals surface area contributed by atoms with Crippen LogP contribution in [0, 0.1) is 0 Å². The van der Waals surface area contributed by atoms with Gasteiger partial charge in [-0.1, -0.05) is 18.7 Å². The van der Waals surface area contributed by atoms with Crippen molar-refractivity contribution < 1.29 is 0 Å². The zero-order valence-corrected chi connectivity index (χ0v) is 14.5. The fourth-order valence-corrected chi connectivity index (χ4v) is 4.45. The molecule has 0 aliphatic heterocycles. The fourth-order valence-electron chi connectivity index (χ4n) is 2.69. The van der Waals surface area contributed by atoms with Crippen LogP contribution in [0.4, 0.5) is 0 Å². The van der Waals surface area contributed by atoms with Crippen LogP contribution in [0.1, 0.15) is 37.2 Å². The maximum atomic E-state index is 12.1. The number of aryl methyl sites for hydroxylation is 2. The zero-order valence-electron chi connectivity index (χ0n) is 12.9. The quantitative estimate of drug-likeness (QED) is 0.649. The number of hydrogen-bond donors (Lipinski definition) is 1. The average molecular weight is 336 g/mol. The lowest BCUT2D eigenvalue weighted by atomic mass is 10.3. The van der Waals surface area contributed by atoms with Gasteiger partial charge in [0.1, 0.15) is 5.03 Å². The molecule has 0 fully saturated rings. The summed E-state index contributed by atoms with van der Waals surface area (Å²) in [7, 11) is 0. The van der Waals surface area contributed by atoms with E-state index in [2.05, 4.69) is 33.4 Å². The molecule has 2 aromatic heterocycles. The highest BCUT2D eigenvalue weighted by Gasteiger charge is 2.18. The van der Waals surface area contributed by atoms with E-state index in [0.717, 1.165) is 58.8 Å². The van der Waals surface area contributed by atoms with Gasteiger partial charge in [-0.05, 0) is 31.9 Å². The zero-order chi connectivity index (χ0) is 15.5. The van der Waals surface area contributed by atoms with E-state index in [9.17, 15) is 4.79 Å². The Hall–Kier alpha value is -1.21. The summed E-state index contributed by atoms with van der Waals surface area (Å²) in [6, 6.07) is 0. The molecule has 0 unspecified atom stereocenters. The van der Waals surface area contributed by atoms with Crippen LogP contribution in [-0.2, 0) is 25.1 Å². The third kappa shape index (κ3) is 3.10. The topological polar surface area (TPSA) is 63.6 Å². The molecule has 0 aromatic carbocycles. The Kier molecular flexibility index (Phi) is 4.93. The third-order valence-corrected chi connectivity index (χ3v) is 5.58. The van der Waals surface area contributed by atoms with Gasteiger partial charge in [0.25, 0.3) is 5.56 Å². The van der Waals surface area contributed by atoms with Crippen LogP contribution < -0.4 is 5.56 Å². The summed E-state index contributed by atoms with van der Waals surface area (Å²) >= 11 is 3.35. The molecule has 1 aliphatic rings. The number of fused-ring (bicyclic) bond motifs is 1. The number of nitrogens with zero attached hydrogens (tertiary/aromatic N) is 3. The molecular weight excluding hydrogens is 316 g/mol. The molecule has 2 heterocycles. The summed E-state index contributed by atoms with van der Waals surface area (Å²) in [6.07, 6.45) is 4.73. The molecule has 118 valence electrons. The van der Waals surface area contributed by atoms with Crippen molar-refractivity contribution in [3.63, 3.8) is 0 Å². The molecule has 0 saturated heterocycles. The van der Waals surface area contributed by atoms with E-state index in [4.69, 9.17) is 0 Å². The average Bonchev–Trinajstić information content (AvgIpc) is 3.12. The smallest absolute Gasteiger partial charge is 0.254 e. The largest absolute Gasteiger partial charge is 0.333 e. The standard InChI is InChI=1S/C15H20N4OS2/c1-3-19-9-16-14(21-4-2)12(19)8-22-15-17-11-7-5-6-10(11)13(20)18-15/h9H,3-8H2,1-2H3,(H,17,18,20). The monoisotopic (exact) mass is 336 g/mol. The van der Waals surface area contributed by atoms with Gasteiger partial charge < -0.3 is 9.55 Å². The van der Waals surface area contributed by atoms with Crippen molar-refractivity contribution in [3.05, 3.63) is 33.6 Å². The Morgan fingerprint density at radius 1 is 1.32 bits per heavy atom. The Morgan fingerprint density at radius 3 is 2.95 bits per heavy atom. The second kappa shape index (κ2) is 6.91. The molecule has 0 radical (unpaired) electrons. The number of nitrogens with one attached hydrogen (secondary N) is 1. The maximum Gasteiger partial charge on any atom is 0.254 e. The summed E-state index contributed by atoms with van der Waals surface area (Å²) in [5.41, 5.74) is 3.11. The first-order chi connectivity index (χ1) is 10.7. The van der Waals surface area contributed by atoms with Crippen molar-refractivity contribution in [3.8, 4) is 0 Å². The minimum atomic E-state index is 0.0390. The first-order valence-electron chi connectivity index (χ1n) is 7.64. The predicted molar refractivity (Wildman–Crippen MR) is 90.7 cm³/mol. The highest BCUT2D eigenvalue weighted by Crippen LogP contribution is 2.28. The number of rotatable bonds is 6. The van der Waals surface area contributed by atoms with Gasteiger partial charge in [-0.2, -0.15) is 0 Å². The van der Waals surface area contributed by atoms with E-state index in [-0.39, 0.29) is 5.56 Å². The Bertz CT molecular complexity index is 723. The highest BCUT2D eigenvalue weighted by atomic mass is 32.2. The first-order valence-corrected chi connectivity index (χ1v) is 9.61. The van der Waals surface area contributed by atoms with Crippen molar-refractivity contribution in [2.45, 2.75) is 55.6 Å². The van der Waals surface area contributed by atoms with Gasteiger partial charge in [-0.3, -0.25) is 4.79 Å². The third-order valence-electron chi connectivity index (χ3n) is 3.80. The van der Waals surface area contributed by atoms with Gasteiger partial charge in [-0.15, -0.1) is 11.8 Å². The van der Waals surface area contributed by atoms with Crippen molar-refractivity contribution in [2.75, 3.05) is 5.75 Å². The predicted octanol–water partition coefficient (Wildman–Crippen LogP) is 2.88. The fraction of sp³-hybridized carbons (Fsp3) is 0.533. The lowest BCUT2D eigenvalue weighted by Gasteiger charge is -2.08. The Balaban J connectivity index is 1.79.